The number of nitrogens with one attached hydrogen (secondary N) is 1. The molecule has 0 atom stereocenters. The molecule has 0 aliphatic carbocycles. The summed E-state index contributed by atoms with van der Waals surface area (Å²) in [6.45, 7) is 0.286. The van der Waals surface area contributed by atoms with E-state index in [1.807, 2.05) is 28.8 Å². The molecule has 10 heteroatoms. The highest BCUT2D eigenvalue weighted by Gasteiger charge is 2.17. The Morgan fingerprint density at radius 3 is 2.79 bits per heavy atom. The third-order valence-corrected chi connectivity index (χ3v) is 4.64. The van der Waals surface area contributed by atoms with Crippen LogP contribution in [0.15, 0.2) is 59.7 Å². The second-order valence-electron chi connectivity index (χ2n) is 6.00. The minimum Gasteiger partial charge on any atom is -0.465 e. The number of benzene rings is 1. The van der Waals surface area contributed by atoms with Crippen LogP contribution in [-0.2, 0) is 11.3 Å². The molecule has 9 nitrogen and oxygen atoms in total. The van der Waals surface area contributed by atoms with E-state index in [-0.39, 0.29) is 22.8 Å². The number of hydrogen-bond donors (Lipinski definition) is 1. The third kappa shape index (κ3) is 3.43. The maximum absolute atomic E-state index is 12.8. The van der Waals surface area contributed by atoms with Crippen molar-refractivity contribution in [3.05, 3.63) is 81.6 Å². The van der Waals surface area contributed by atoms with Crippen LogP contribution in [0.4, 0.5) is 5.69 Å². The lowest BCUT2D eigenvalue weighted by Gasteiger charge is -2.12. The van der Waals surface area contributed by atoms with Crippen LogP contribution in [0.1, 0.15) is 16.2 Å². The average Bonchev–Trinajstić information content (AvgIpc) is 3.17. The molecule has 1 aromatic carbocycles. The Hall–Kier alpha value is -3.72. The number of rotatable bonds is 5. The summed E-state index contributed by atoms with van der Waals surface area (Å²) in [5.41, 5.74) is 0.969. The summed E-state index contributed by atoms with van der Waals surface area (Å²) in [4.78, 5) is 24.8. The second kappa shape index (κ2) is 7.72. The molecule has 3 heterocycles. The van der Waals surface area contributed by atoms with Gasteiger partial charge in [0.1, 0.15) is 5.02 Å². The van der Waals surface area contributed by atoms with Crippen molar-refractivity contribution in [2.45, 2.75) is 6.54 Å². The van der Waals surface area contributed by atoms with Crippen molar-refractivity contribution in [2.24, 2.45) is 0 Å². The van der Waals surface area contributed by atoms with Crippen LogP contribution in [0.3, 0.4) is 0 Å². The van der Waals surface area contributed by atoms with Crippen molar-refractivity contribution in [1.29, 1.82) is 0 Å². The monoisotopic (exact) mass is 410 g/mol. The predicted octanol–water partition coefficient (Wildman–Crippen LogP) is 2.33. The maximum Gasteiger partial charge on any atom is 0.340 e. The van der Waals surface area contributed by atoms with Crippen LogP contribution >= 0.6 is 11.6 Å². The van der Waals surface area contributed by atoms with E-state index in [0.717, 1.165) is 4.68 Å². The van der Waals surface area contributed by atoms with Gasteiger partial charge in [0.15, 0.2) is 11.5 Å². The topological polar surface area (TPSA) is 103 Å². The number of esters is 1. The van der Waals surface area contributed by atoms with E-state index in [2.05, 4.69) is 20.6 Å². The molecule has 29 heavy (non-hydrogen) atoms. The van der Waals surface area contributed by atoms with Gasteiger partial charge in [-0.1, -0.05) is 29.8 Å². The van der Waals surface area contributed by atoms with E-state index in [4.69, 9.17) is 16.3 Å². The zero-order valence-electron chi connectivity index (χ0n) is 15.2. The minimum atomic E-state index is -0.577. The summed E-state index contributed by atoms with van der Waals surface area (Å²) in [7, 11) is 1.27. The Balaban J connectivity index is 1.65. The molecule has 146 valence electrons. The van der Waals surface area contributed by atoms with Gasteiger partial charge < -0.3 is 10.1 Å². The molecule has 0 bridgehead atoms. The zero-order valence-corrected chi connectivity index (χ0v) is 16.0. The van der Waals surface area contributed by atoms with Crippen molar-refractivity contribution in [1.82, 2.24) is 24.4 Å². The van der Waals surface area contributed by atoms with Crippen LogP contribution in [0.5, 0.6) is 0 Å². The largest absolute Gasteiger partial charge is 0.465 e. The van der Waals surface area contributed by atoms with Crippen molar-refractivity contribution in [3.8, 4) is 5.69 Å². The quantitative estimate of drug-likeness (QED) is 0.503. The smallest absolute Gasteiger partial charge is 0.340 e. The number of carbonyl (C=O) groups is 1. The van der Waals surface area contributed by atoms with Crippen LogP contribution in [0, 0.1) is 0 Å². The number of fused-ring (bicyclic) bond motifs is 1. The van der Waals surface area contributed by atoms with Gasteiger partial charge in [-0.15, -0.1) is 10.2 Å². The molecular weight excluding hydrogens is 396 g/mol. The molecule has 0 amide bonds. The molecule has 0 saturated carbocycles. The minimum absolute atomic E-state index is 0.0616. The molecule has 4 rings (SSSR count). The highest BCUT2D eigenvalue weighted by Crippen LogP contribution is 2.19. The van der Waals surface area contributed by atoms with E-state index in [9.17, 15) is 9.59 Å². The Morgan fingerprint density at radius 2 is 1.97 bits per heavy atom. The fourth-order valence-electron chi connectivity index (χ4n) is 2.85. The molecule has 0 aliphatic heterocycles. The van der Waals surface area contributed by atoms with Gasteiger partial charge in [-0.3, -0.25) is 9.20 Å². The molecule has 0 spiro atoms. The third-order valence-electron chi connectivity index (χ3n) is 4.28. The molecule has 3 aromatic heterocycles. The Labute approximate surface area is 169 Å². The molecular formula is C19H15ClN6O3. The second-order valence-corrected chi connectivity index (χ2v) is 6.37. The fraction of sp³-hybridized carbons (Fsp3) is 0.105. The lowest BCUT2D eigenvalue weighted by Crippen LogP contribution is -2.24. The first-order valence-electron chi connectivity index (χ1n) is 8.58. The normalized spacial score (nSPS) is 10.8. The summed E-state index contributed by atoms with van der Waals surface area (Å²) in [5.74, 6) is 0.0724. The number of halogens is 1. The number of aromatic nitrogens is 5. The fourth-order valence-corrected chi connectivity index (χ4v) is 3.05. The number of ether oxygens (including phenoxy) is 1. The van der Waals surface area contributed by atoms with Gasteiger partial charge in [0, 0.05) is 6.20 Å². The highest BCUT2D eigenvalue weighted by atomic mass is 35.5. The Morgan fingerprint density at radius 1 is 1.17 bits per heavy atom. The van der Waals surface area contributed by atoms with E-state index in [0.29, 0.717) is 17.2 Å². The Kier molecular flexibility index (Phi) is 4.96. The molecule has 0 unspecified atom stereocenters. The Bertz CT molecular complexity index is 1270. The molecule has 0 fully saturated rings. The predicted molar refractivity (Wildman–Crippen MR) is 106 cm³/mol. The maximum atomic E-state index is 12.8. The highest BCUT2D eigenvalue weighted by molar-refractivity contribution is 6.32. The van der Waals surface area contributed by atoms with Crippen LogP contribution < -0.4 is 10.9 Å². The van der Waals surface area contributed by atoms with E-state index >= 15 is 0 Å². The lowest BCUT2D eigenvalue weighted by atomic mass is 10.2. The van der Waals surface area contributed by atoms with Gasteiger partial charge in [0.25, 0.3) is 5.56 Å². The number of carbonyl (C=O) groups excluding carboxylic acids is 1. The molecule has 1 N–H and O–H groups in total. The van der Waals surface area contributed by atoms with Crippen molar-refractivity contribution >= 4 is 28.9 Å². The number of anilines is 1. The van der Waals surface area contributed by atoms with E-state index < -0.39 is 11.5 Å². The number of methoxy groups -OCH3 is 1. The summed E-state index contributed by atoms with van der Waals surface area (Å²) >= 11 is 6.28. The average molecular weight is 411 g/mol. The SMILES string of the molecule is COC(=O)c1ccccc1-n1ncc(NCc2nnc3ccccn23)c(Cl)c1=O. The summed E-state index contributed by atoms with van der Waals surface area (Å²) in [5, 5.41) is 15.3. The van der Waals surface area contributed by atoms with E-state index in [1.165, 1.54) is 13.3 Å². The first kappa shape index (κ1) is 18.6. The molecule has 0 saturated heterocycles. The van der Waals surface area contributed by atoms with Gasteiger partial charge in [0.2, 0.25) is 0 Å². The first-order chi connectivity index (χ1) is 14.1. The summed E-state index contributed by atoms with van der Waals surface area (Å²) < 4.78 is 7.65. The number of hydrogen-bond acceptors (Lipinski definition) is 7. The molecule has 4 aromatic rings. The van der Waals surface area contributed by atoms with Gasteiger partial charge >= 0.3 is 5.97 Å². The van der Waals surface area contributed by atoms with Crippen LogP contribution in [0.2, 0.25) is 5.02 Å². The molecule has 0 aliphatic rings. The summed E-state index contributed by atoms with van der Waals surface area (Å²) in [6, 6.07) is 12.1. The van der Waals surface area contributed by atoms with Crippen LogP contribution in [-0.4, -0.2) is 37.5 Å². The van der Waals surface area contributed by atoms with Gasteiger partial charge in [-0.2, -0.15) is 9.78 Å². The van der Waals surface area contributed by atoms with Crippen LogP contribution in [0.25, 0.3) is 11.3 Å². The zero-order chi connectivity index (χ0) is 20.4. The van der Waals surface area contributed by atoms with Gasteiger partial charge in [-0.05, 0) is 24.3 Å². The van der Waals surface area contributed by atoms with E-state index in [1.54, 1.807) is 24.3 Å². The first-order valence-corrected chi connectivity index (χ1v) is 8.96. The lowest BCUT2D eigenvalue weighted by molar-refractivity contribution is 0.0600. The van der Waals surface area contributed by atoms with Crippen molar-refractivity contribution in [2.75, 3.05) is 12.4 Å². The van der Waals surface area contributed by atoms with Gasteiger partial charge in [-0.25, -0.2) is 4.79 Å². The standard InChI is InChI=1S/C19H15ClN6O3/c1-29-19(28)12-6-2-3-7-14(12)26-18(27)17(20)13(10-22-26)21-11-16-24-23-15-8-4-5-9-25(15)16/h2-10,21H,11H2,1H3. The number of pyridine rings is 1. The number of nitrogens with zero attached hydrogens (tertiary/aromatic N) is 5. The summed E-state index contributed by atoms with van der Waals surface area (Å²) in [6.07, 6.45) is 3.26. The van der Waals surface area contributed by atoms with Crippen molar-refractivity contribution in [3.63, 3.8) is 0 Å². The van der Waals surface area contributed by atoms with Gasteiger partial charge in [0.05, 0.1) is 36.8 Å². The van der Waals surface area contributed by atoms with Crippen molar-refractivity contribution < 1.29 is 9.53 Å². The molecule has 0 radical (unpaired) electrons. The number of para-hydroxylation sites is 1.